The van der Waals surface area contributed by atoms with Crippen molar-refractivity contribution in [1.29, 1.82) is 0 Å². The van der Waals surface area contributed by atoms with Crippen molar-refractivity contribution in [3.8, 4) is 22.6 Å². The van der Waals surface area contributed by atoms with E-state index in [2.05, 4.69) is 20.7 Å². The van der Waals surface area contributed by atoms with E-state index in [1.165, 1.54) is 30.3 Å². The standard InChI is InChI=1S/C22H16BrNO4S/c23-15-6-9-17(10-7-15)29(27,28)24-16-8-12-20(25)19(13-16)22-18-4-2-1-3-14(18)5-11-21(22)26/h1-13,24-26H. The zero-order valence-corrected chi connectivity index (χ0v) is 17.4. The minimum Gasteiger partial charge on any atom is -0.507 e. The molecule has 3 N–H and O–H groups in total. The van der Waals surface area contributed by atoms with Crippen LogP contribution in [0.2, 0.25) is 0 Å². The Morgan fingerprint density at radius 2 is 1.48 bits per heavy atom. The number of benzene rings is 4. The third kappa shape index (κ3) is 3.79. The molecule has 0 aliphatic heterocycles. The quantitative estimate of drug-likeness (QED) is 0.345. The number of nitrogens with one attached hydrogen (secondary N) is 1. The highest BCUT2D eigenvalue weighted by atomic mass is 79.9. The first kappa shape index (κ1) is 19.3. The number of hydrogen-bond donors (Lipinski definition) is 3. The molecule has 0 aromatic heterocycles. The van der Waals surface area contributed by atoms with Gasteiger partial charge in [0.2, 0.25) is 0 Å². The lowest BCUT2D eigenvalue weighted by atomic mass is 9.96. The number of hydrogen-bond acceptors (Lipinski definition) is 4. The van der Waals surface area contributed by atoms with Gasteiger partial charge in [-0.15, -0.1) is 0 Å². The van der Waals surface area contributed by atoms with Crippen molar-refractivity contribution in [2.75, 3.05) is 4.72 Å². The van der Waals surface area contributed by atoms with Gasteiger partial charge in [-0.1, -0.05) is 46.3 Å². The van der Waals surface area contributed by atoms with Gasteiger partial charge in [-0.2, -0.15) is 0 Å². The van der Waals surface area contributed by atoms with Crippen LogP contribution in [0.15, 0.2) is 88.2 Å². The number of aromatic hydroxyl groups is 2. The number of anilines is 1. The van der Waals surface area contributed by atoms with Crippen molar-refractivity contribution in [3.63, 3.8) is 0 Å². The van der Waals surface area contributed by atoms with E-state index in [9.17, 15) is 18.6 Å². The zero-order valence-electron chi connectivity index (χ0n) is 15.0. The zero-order chi connectivity index (χ0) is 20.6. The first-order valence-electron chi connectivity index (χ1n) is 8.68. The fourth-order valence-corrected chi connectivity index (χ4v) is 4.48. The van der Waals surface area contributed by atoms with Crippen molar-refractivity contribution in [3.05, 3.63) is 83.3 Å². The lowest BCUT2D eigenvalue weighted by Crippen LogP contribution is -2.12. The van der Waals surface area contributed by atoms with Gasteiger partial charge in [-0.05, 0) is 59.3 Å². The minimum absolute atomic E-state index is 0.00748. The van der Waals surface area contributed by atoms with Gasteiger partial charge in [0.05, 0.1) is 4.90 Å². The third-order valence-corrected chi connectivity index (χ3v) is 6.47. The average molecular weight is 470 g/mol. The predicted molar refractivity (Wildman–Crippen MR) is 118 cm³/mol. The summed E-state index contributed by atoms with van der Waals surface area (Å²) >= 11 is 3.28. The second-order valence-corrected chi connectivity index (χ2v) is 9.07. The summed E-state index contributed by atoms with van der Waals surface area (Å²) in [6, 6.07) is 21.4. The lowest BCUT2D eigenvalue weighted by molar-refractivity contribution is 0.470. The maximum absolute atomic E-state index is 12.7. The molecule has 146 valence electrons. The van der Waals surface area contributed by atoms with E-state index in [0.717, 1.165) is 15.2 Å². The van der Waals surface area contributed by atoms with Crippen LogP contribution in [0.4, 0.5) is 5.69 Å². The summed E-state index contributed by atoms with van der Waals surface area (Å²) in [5.74, 6) is -0.0739. The number of phenolic OH excluding ortho intramolecular Hbond substituents is 2. The average Bonchev–Trinajstić information content (AvgIpc) is 2.70. The Morgan fingerprint density at radius 1 is 0.793 bits per heavy atom. The van der Waals surface area contributed by atoms with Crippen LogP contribution in [0.1, 0.15) is 0 Å². The normalized spacial score (nSPS) is 11.5. The molecule has 29 heavy (non-hydrogen) atoms. The molecule has 0 spiro atoms. The molecule has 4 aromatic carbocycles. The highest BCUT2D eigenvalue weighted by molar-refractivity contribution is 9.10. The van der Waals surface area contributed by atoms with Gasteiger partial charge >= 0.3 is 0 Å². The van der Waals surface area contributed by atoms with E-state index in [0.29, 0.717) is 11.1 Å². The van der Waals surface area contributed by atoms with E-state index in [1.807, 2.05) is 24.3 Å². The van der Waals surface area contributed by atoms with Crippen LogP contribution in [-0.4, -0.2) is 18.6 Å². The Labute approximate surface area is 176 Å². The molecule has 5 nitrogen and oxygen atoms in total. The fraction of sp³-hybridized carbons (Fsp3) is 0. The van der Waals surface area contributed by atoms with Crippen molar-refractivity contribution in [1.82, 2.24) is 0 Å². The van der Waals surface area contributed by atoms with Crippen LogP contribution in [0.25, 0.3) is 21.9 Å². The molecule has 0 heterocycles. The van der Waals surface area contributed by atoms with Crippen LogP contribution < -0.4 is 4.72 Å². The van der Waals surface area contributed by atoms with Crippen LogP contribution in [-0.2, 0) is 10.0 Å². The molecule has 0 aliphatic carbocycles. The monoisotopic (exact) mass is 469 g/mol. The number of phenols is 2. The first-order chi connectivity index (χ1) is 13.8. The minimum atomic E-state index is -3.81. The topological polar surface area (TPSA) is 86.6 Å². The summed E-state index contributed by atoms with van der Waals surface area (Å²) in [4.78, 5) is 0.114. The Morgan fingerprint density at radius 3 is 2.24 bits per heavy atom. The van der Waals surface area contributed by atoms with Gasteiger partial charge in [-0.25, -0.2) is 8.42 Å². The maximum Gasteiger partial charge on any atom is 0.261 e. The molecule has 4 aromatic rings. The van der Waals surface area contributed by atoms with E-state index in [-0.39, 0.29) is 22.1 Å². The van der Waals surface area contributed by atoms with Gasteiger partial charge in [0, 0.05) is 21.3 Å². The molecule has 0 radical (unpaired) electrons. The number of halogens is 1. The Kier molecular flexibility index (Phi) is 4.94. The molecule has 4 rings (SSSR count). The molecule has 0 saturated carbocycles. The van der Waals surface area contributed by atoms with E-state index in [1.54, 1.807) is 24.3 Å². The van der Waals surface area contributed by atoms with E-state index in [4.69, 9.17) is 0 Å². The number of rotatable bonds is 4. The SMILES string of the molecule is O=S(=O)(Nc1ccc(O)c(-c2c(O)ccc3ccccc23)c1)c1ccc(Br)cc1. The lowest BCUT2D eigenvalue weighted by Gasteiger charge is -2.14. The third-order valence-electron chi connectivity index (χ3n) is 4.55. The van der Waals surface area contributed by atoms with Gasteiger partial charge in [0.15, 0.2) is 0 Å². The molecule has 0 amide bonds. The highest BCUT2D eigenvalue weighted by Crippen LogP contribution is 2.41. The fourth-order valence-electron chi connectivity index (χ4n) is 3.17. The summed E-state index contributed by atoms with van der Waals surface area (Å²) in [6.07, 6.45) is 0. The van der Waals surface area contributed by atoms with E-state index >= 15 is 0 Å². The van der Waals surface area contributed by atoms with Crippen molar-refractivity contribution in [2.24, 2.45) is 0 Å². The molecule has 0 fully saturated rings. The maximum atomic E-state index is 12.7. The highest BCUT2D eigenvalue weighted by Gasteiger charge is 2.17. The Bertz CT molecular complexity index is 1320. The van der Waals surface area contributed by atoms with Gasteiger partial charge < -0.3 is 10.2 Å². The van der Waals surface area contributed by atoms with Crippen LogP contribution in [0, 0.1) is 0 Å². The summed E-state index contributed by atoms with van der Waals surface area (Å²) in [5.41, 5.74) is 1.04. The Balaban J connectivity index is 1.80. The second-order valence-electron chi connectivity index (χ2n) is 6.47. The molecule has 0 aliphatic rings. The van der Waals surface area contributed by atoms with Gasteiger partial charge in [-0.3, -0.25) is 4.72 Å². The van der Waals surface area contributed by atoms with E-state index < -0.39 is 10.0 Å². The molecule has 0 saturated heterocycles. The van der Waals surface area contributed by atoms with Crippen LogP contribution in [0.3, 0.4) is 0 Å². The summed E-state index contributed by atoms with van der Waals surface area (Å²) in [7, 11) is -3.81. The van der Waals surface area contributed by atoms with Crippen LogP contribution >= 0.6 is 15.9 Å². The smallest absolute Gasteiger partial charge is 0.261 e. The second kappa shape index (κ2) is 7.42. The molecule has 0 bridgehead atoms. The van der Waals surface area contributed by atoms with Gasteiger partial charge in [0.25, 0.3) is 10.0 Å². The van der Waals surface area contributed by atoms with Crippen molar-refractivity contribution in [2.45, 2.75) is 4.90 Å². The number of fused-ring (bicyclic) bond motifs is 1. The van der Waals surface area contributed by atoms with Crippen LogP contribution in [0.5, 0.6) is 11.5 Å². The number of sulfonamides is 1. The Hall–Kier alpha value is -3.03. The predicted octanol–water partition coefficient (Wildman–Crippen LogP) is 5.48. The van der Waals surface area contributed by atoms with Crippen molar-refractivity contribution < 1.29 is 18.6 Å². The summed E-state index contributed by atoms with van der Waals surface area (Å²) in [6.45, 7) is 0. The largest absolute Gasteiger partial charge is 0.507 e. The van der Waals surface area contributed by atoms with Crippen molar-refractivity contribution >= 4 is 42.4 Å². The molecule has 0 atom stereocenters. The summed E-state index contributed by atoms with van der Waals surface area (Å²) < 4.78 is 28.7. The molecular weight excluding hydrogens is 454 g/mol. The molecular formula is C22H16BrNO4S. The first-order valence-corrected chi connectivity index (χ1v) is 11.0. The summed E-state index contributed by atoms with van der Waals surface area (Å²) in [5, 5.41) is 22.5. The molecule has 7 heteroatoms. The van der Waals surface area contributed by atoms with Gasteiger partial charge in [0.1, 0.15) is 11.5 Å². The molecule has 0 unspecified atom stereocenters.